The number of methoxy groups -OCH3 is 1. The minimum atomic E-state index is -0.296. The van der Waals surface area contributed by atoms with Gasteiger partial charge in [-0.15, -0.1) is 5.10 Å². The molecule has 25 heavy (non-hydrogen) atoms. The molecule has 0 aliphatic carbocycles. The molecule has 128 valence electrons. The van der Waals surface area contributed by atoms with Crippen LogP contribution in [0, 0.1) is 20.8 Å². The number of amides is 1. The number of hydrogen-bond donors (Lipinski definition) is 1. The van der Waals surface area contributed by atoms with Gasteiger partial charge >= 0.3 is 0 Å². The van der Waals surface area contributed by atoms with Gasteiger partial charge in [-0.25, -0.2) is 0 Å². The maximum absolute atomic E-state index is 12.7. The molecule has 0 spiro atoms. The molecule has 3 aromatic rings. The van der Waals surface area contributed by atoms with Crippen LogP contribution in [0.5, 0.6) is 5.19 Å². The normalized spacial score (nSPS) is 10.6. The molecular weight excluding hydrogens is 338 g/mol. The van der Waals surface area contributed by atoms with E-state index in [-0.39, 0.29) is 5.91 Å². The van der Waals surface area contributed by atoms with Crippen molar-refractivity contribution in [3.63, 3.8) is 0 Å². The number of aryl methyl sites for hydroxylation is 3. The molecule has 1 amide bonds. The molecule has 0 bridgehead atoms. The Bertz CT molecular complexity index is 939. The summed E-state index contributed by atoms with van der Waals surface area (Å²) in [6.07, 6.45) is 3.38. The number of pyridine rings is 2. The number of carbonyl (C=O) groups excluding carboxylic acids is 1. The molecule has 0 saturated carbocycles. The summed E-state index contributed by atoms with van der Waals surface area (Å²) in [5, 5.41) is 11.2. The number of carbonyl (C=O) groups is 1. The van der Waals surface area contributed by atoms with Crippen LogP contribution in [-0.4, -0.2) is 33.2 Å². The number of rotatable bonds is 4. The molecule has 0 saturated heterocycles. The summed E-state index contributed by atoms with van der Waals surface area (Å²) in [6, 6.07) is 3.87. The van der Waals surface area contributed by atoms with Crippen LogP contribution in [-0.2, 0) is 0 Å². The standard InChI is InChI=1S/C17H17N5O2S/c1-9-7-18-10(2)5-12(9)13-6-11(3)19-8-14(13)15(23)20-16-21-22-17(24-4)25-16/h5-8H,1-4H3,(H,20,21,23). The van der Waals surface area contributed by atoms with E-state index in [2.05, 4.69) is 25.5 Å². The van der Waals surface area contributed by atoms with Crippen LogP contribution >= 0.6 is 11.3 Å². The smallest absolute Gasteiger partial charge is 0.295 e. The van der Waals surface area contributed by atoms with Crippen LogP contribution in [0.1, 0.15) is 27.3 Å². The monoisotopic (exact) mass is 355 g/mol. The van der Waals surface area contributed by atoms with Crippen molar-refractivity contribution in [1.29, 1.82) is 0 Å². The highest BCUT2D eigenvalue weighted by Gasteiger charge is 2.17. The number of ether oxygens (including phenoxy) is 1. The van der Waals surface area contributed by atoms with Gasteiger partial charge in [0.1, 0.15) is 0 Å². The van der Waals surface area contributed by atoms with Gasteiger partial charge in [-0.3, -0.25) is 20.1 Å². The van der Waals surface area contributed by atoms with E-state index in [4.69, 9.17) is 4.74 Å². The lowest BCUT2D eigenvalue weighted by atomic mass is 9.97. The SMILES string of the molecule is COc1nnc(NC(=O)c2cnc(C)cc2-c2cc(C)ncc2C)s1. The van der Waals surface area contributed by atoms with E-state index in [0.29, 0.717) is 15.9 Å². The van der Waals surface area contributed by atoms with Crippen LogP contribution in [0.2, 0.25) is 0 Å². The molecule has 0 fully saturated rings. The number of nitrogens with one attached hydrogen (secondary N) is 1. The Hall–Kier alpha value is -2.87. The quantitative estimate of drug-likeness (QED) is 0.773. The molecule has 7 nitrogen and oxygen atoms in total. The molecule has 0 atom stereocenters. The van der Waals surface area contributed by atoms with Gasteiger partial charge in [-0.1, -0.05) is 5.10 Å². The van der Waals surface area contributed by atoms with Crippen LogP contribution in [0.25, 0.3) is 11.1 Å². The van der Waals surface area contributed by atoms with Crippen molar-refractivity contribution in [1.82, 2.24) is 20.2 Å². The molecular formula is C17H17N5O2S. The van der Waals surface area contributed by atoms with Crippen LogP contribution in [0.15, 0.2) is 24.5 Å². The first-order valence-corrected chi connectivity index (χ1v) is 8.38. The first kappa shape index (κ1) is 17.0. The third-order valence-corrected chi connectivity index (χ3v) is 4.42. The lowest BCUT2D eigenvalue weighted by Gasteiger charge is -2.12. The minimum Gasteiger partial charge on any atom is -0.472 e. The van der Waals surface area contributed by atoms with Crippen molar-refractivity contribution >= 4 is 22.4 Å². The Labute approximate surface area is 149 Å². The topological polar surface area (TPSA) is 89.9 Å². The summed E-state index contributed by atoms with van der Waals surface area (Å²) in [6.45, 7) is 5.78. The Morgan fingerprint density at radius 3 is 2.40 bits per heavy atom. The lowest BCUT2D eigenvalue weighted by molar-refractivity contribution is 0.102. The molecule has 0 aliphatic heterocycles. The highest BCUT2D eigenvalue weighted by molar-refractivity contribution is 7.17. The first-order chi connectivity index (χ1) is 12.0. The van der Waals surface area contributed by atoms with Crippen molar-refractivity contribution in [2.24, 2.45) is 0 Å². The van der Waals surface area contributed by atoms with E-state index in [9.17, 15) is 4.79 Å². The van der Waals surface area contributed by atoms with Crippen molar-refractivity contribution in [3.8, 4) is 16.3 Å². The third kappa shape index (κ3) is 3.63. The van der Waals surface area contributed by atoms with E-state index >= 15 is 0 Å². The van der Waals surface area contributed by atoms with E-state index in [1.165, 1.54) is 7.11 Å². The average molecular weight is 355 g/mol. The summed E-state index contributed by atoms with van der Waals surface area (Å²) in [7, 11) is 1.50. The average Bonchev–Trinajstić information content (AvgIpc) is 3.04. The summed E-state index contributed by atoms with van der Waals surface area (Å²) < 4.78 is 4.99. The first-order valence-electron chi connectivity index (χ1n) is 7.57. The van der Waals surface area contributed by atoms with Gasteiger partial charge in [-0.05, 0) is 60.9 Å². The summed E-state index contributed by atoms with van der Waals surface area (Å²) in [5.41, 5.74) is 4.94. The van der Waals surface area contributed by atoms with E-state index in [1.807, 2.05) is 32.9 Å². The van der Waals surface area contributed by atoms with Crippen molar-refractivity contribution in [2.45, 2.75) is 20.8 Å². The van der Waals surface area contributed by atoms with Crippen molar-refractivity contribution in [2.75, 3.05) is 12.4 Å². The van der Waals surface area contributed by atoms with Crippen LogP contribution < -0.4 is 10.1 Å². The predicted molar refractivity (Wildman–Crippen MR) is 96.1 cm³/mol. The van der Waals surface area contributed by atoms with E-state index in [0.717, 1.165) is 39.4 Å². The predicted octanol–water partition coefficient (Wildman–Crippen LogP) is 3.18. The molecule has 0 radical (unpaired) electrons. The van der Waals surface area contributed by atoms with E-state index < -0.39 is 0 Å². The van der Waals surface area contributed by atoms with Gasteiger partial charge in [0.05, 0.1) is 12.7 Å². The zero-order valence-corrected chi connectivity index (χ0v) is 15.1. The van der Waals surface area contributed by atoms with Crippen LogP contribution in [0.3, 0.4) is 0 Å². The maximum atomic E-state index is 12.7. The number of aromatic nitrogens is 4. The third-order valence-electron chi connectivity index (χ3n) is 3.62. The maximum Gasteiger partial charge on any atom is 0.295 e. The fraction of sp³-hybridized carbons (Fsp3) is 0.235. The fourth-order valence-corrected chi connectivity index (χ4v) is 2.94. The number of hydrogen-bond acceptors (Lipinski definition) is 7. The molecule has 3 aromatic heterocycles. The minimum absolute atomic E-state index is 0.296. The second-order valence-electron chi connectivity index (χ2n) is 5.54. The highest BCUT2D eigenvalue weighted by atomic mass is 32.1. The van der Waals surface area contributed by atoms with E-state index in [1.54, 1.807) is 12.4 Å². The van der Waals surface area contributed by atoms with Gasteiger partial charge in [-0.2, -0.15) is 0 Å². The Morgan fingerprint density at radius 1 is 1.04 bits per heavy atom. The molecule has 8 heteroatoms. The van der Waals surface area contributed by atoms with Crippen molar-refractivity contribution in [3.05, 3.63) is 47.0 Å². The summed E-state index contributed by atoms with van der Waals surface area (Å²) >= 11 is 1.16. The Kier molecular flexibility index (Phi) is 4.71. The molecule has 3 rings (SSSR count). The van der Waals surface area contributed by atoms with Gasteiger partial charge < -0.3 is 4.74 Å². The molecule has 0 unspecified atom stereocenters. The second-order valence-corrected chi connectivity index (χ2v) is 6.48. The van der Waals surface area contributed by atoms with Gasteiger partial charge in [0.2, 0.25) is 5.13 Å². The summed E-state index contributed by atoms with van der Waals surface area (Å²) in [4.78, 5) is 21.3. The number of anilines is 1. The van der Waals surface area contributed by atoms with Gasteiger partial charge in [0, 0.05) is 23.8 Å². The second kappa shape index (κ2) is 6.94. The largest absolute Gasteiger partial charge is 0.472 e. The Morgan fingerprint density at radius 2 is 1.72 bits per heavy atom. The molecule has 3 heterocycles. The van der Waals surface area contributed by atoms with Crippen LogP contribution in [0.4, 0.5) is 5.13 Å². The lowest BCUT2D eigenvalue weighted by Crippen LogP contribution is -2.14. The Balaban J connectivity index is 2.01. The van der Waals surface area contributed by atoms with Gasteiger partial charge in [0.25, 0.3) is 11.1 Å². The zero-order chi connectivity index (χ0) is 18.0. The molecule has 0 aromatic carbocycles. The molecule has 1 N–H and O–H groups in total. The summed E-state index contributed by atoms with van der Waals surface area (Å²) in [5.74, 6) is -0.296. The molecule has 0 aliphatic rings. The number of nitrogens with zero attached hydrogens (tertiary/aromatic N) is 4. The zero-order valence-electron chi connectivity index (χ0n) is 14.3. The fourth-order valence-electron chi connectivity index (χ4n) is 2.39. The van der Waals surface area contributed by atoms with Gasteiger partial charge in [0.15, 0.2) is 0 Å². The van der Waals surface area contributed by atoms with Crippen molar-refractivity contribution < 1.29 is 9.53 Å². The highest BCUT2D eigenvalue weighted by Crippen LogP contribution is 2.29.